The molecule has 0 aromatic heterocycles. The highest BCUT2D eigenvalue weighted by atomic mass is 32.2. The number of nitrogens with one attached hydrogen (secondary N) is 2. The lowest BCUT2D eigenvalue weighted by molar-refractivity contribution is -0.115. The van der Waals surface area contributed by atoms with Crippen molar-refractivity contribution in [2.24, 2.45) is 0 Å². The summed E-state index contributed by atoms with van der Waals surface area (Å²) in [4.78, 5) is 25.2. The van der Waals surface area contributed by atoms with Gasteiger partial charge in [0.1, 0.15) is 0 Å². The van der Waals surface area contributed by atoms with Crippen molar-refractivity contribution >= 4 is 29.3 Å². The van der Waals surface area contributed by atoms with E-state index in [9.17, 15) is 9.59 Å². The topological polar surface area (TPSA) is 58.2 Å². The van der Waals surface area contributed by atoms with Gasteiger partial charge in [-0.2, -0.15) is 0 Å². The number of benzene rings is 2. The molecule has 0 aliphatic heterocycles. The molecule has 1 atom stereocenters. The third-order valence-corrected chi connectivity index (χ3v) is 4.27. The SMILES string of the molecule is CCNC(=O)c1cccc(NC(=O)C(C)Sc2ccccc2)c1. The van der Waals surface area contributed by atoms with Crippen LogP contribution in [0.15, 0.2) is 59.5 Å². The fourth-order valence-corrected chi connectivity index (χ4v) is 2.89. The fraction of sp³-hybridized carbons (Fsp3) is 0.222. The number of carbonyl (C=O) groups is 2. The number of hydrogen-bond donors (Lipinski definition) is 2. The molecule has 2 aromatic carbocycles. The van der Waals surface area contributed by atoms with Crippen molar-refractivity contribution in [3.8, 4) is 0 Å². The number of anilines is 1. The van der Waals surface area contributed by atoms with Crippen LogP contribution in [0.3, 0.4) is 0 Å². The van der Waals surface area contributed by atoms with E-state index < -0.39 is 0 Å². The highest BCUT2D eigenvalue weighted by Crippen LogP contribution is 2.23. The van der Waals surface area contributed by atoms with Crippen molar-refractivity contribution in [3.05, 3.63) is 60.2 Å². The standard InChI is InChI=1S/C18H20N2O2S/c1-3-19-18(22)14-8-7-9-15(12-14)20-17(21)13(2)23-16-10-5-4-6-11-16/h4-13H,3H2,1-2H3,(H,19,22)(H,20,21). The van der Waals surface area contributed by atoms with E-state index >= 15 is 0 Å². The largest absolute Gasteiger partial charge is 0.352 e. The fourth-order valence-electron chi connectivity index (χ4n) is 2.00. The van der Waals surface area contributed by atoms with Crippen molar-refractivity contribution in [1.29, 1.82) is 0 Å². The van der Waals surface area contributed by atoms with Crippen LogP contribution in [0.5, 0.6) is 0 Å². The molecule has 0 fully saturated rings. The van der Waals surface area contributed by atoms with Crippen LogP contribution < -0.4 is 10.6 Å². The van der Waals surface area contributed by atoms with Crippen LogP contribution in [0.25, 0.3) is 0 Å². The quantitative estimate of drug-likeness (QED) is 0.797. The molecule has 2 aromatic rings. The zero-order chi connectivity index (χ0) is 16.7. The first-order valence-electron chi connectivity index (χ1n) is 7.51. The van der Waals surface area contributed by atoms with Crippen molar-refractivity contribution in [2.75, 3.05) is 11.9 Å². The van der Waals surface area contributed by atoms with Crippen LogP contribution in [-0.4, -0.2) is 23.6 Å². The second-order valence-corrected chi connectivity index (χ2v) is 6.42. The monoisotopic (exact) mass is 328 g/mol. The highest BCUT2D eigenvalue weighted by molar-refractivity contribution is 8.00. The minimum Gasteiger partial charge on any atom is -0.352 e. The predicted octanol–water partition coefficient (Wildman–Crippen LogP) is 3.56. The van der Waals surface area contributed by atoms with E-state index in [4.69, 9.17) is 0 Å². The molecule has 2 rings (SSSR count). The summed E-state index contributed by atoms with van der Waals surface area (Å²) in [6, 6.07) is 16.7. The molecule has 2 amide bonds. The van der Waals surface area contributed by atoms with E-state index in [0.29, 0.717) is 17.8 Å². The van der Waals surface area contributed by atoms with Crippen molar-refractivity contribution in [2.45, 2.75) is 24.0 Å². The molecule has 5 heteroatoms. The molecule has 0 bridgehead atoms. The van der Waals surface area contributed by atoms with Gasteiger partial charge in [-0.25, -0.2) is 0 Å². The average Bonchev–Trinajstić information content (AvgIpc) is 2.56. The maximum Gasteiger partial charge on any atom is 0.251 e. The van der Waals surface area contributed by atoms with Gasteiger partial charge in [0.25, 0.3) is 5.91 Å². The molecule has 0 saturated carbocycles. The van der Waals surface area contributed by atoms with Crippen LogP contribution in [0, 0.1) is 0 Å². The number of amides is 2. The Kier molecular flexibility index (Phi) is 6.23. The van der Waals surface area contributed by atoms with Gasteiger partial charge in [0.05, 0.1) is 5.25 Å². The molecule has 0 aliphatic carbocycles. The summed E-state index contributed by atoms with van der Waals surface area (Å²) in [5.74, 6) is -0.234. The molecule has 23 heavy (non-hydrogen) atoms. The minimum atomic E-state index is -0.231. The summed E-state index contributed by atoms with van der Waals surface area (Å²) in [5.41, 5.74) is 1.16. The smallest absolute Gasteiger partial charge is 0.251 e. The molecule has 0 aliphatic rings. The summed E-state index contributed by atoms with van der Waals surface area (Å²) in [6.07, 6.45) is 0. The normalized spacial score (nSPS) is 11.6. The van der Waals surface area contributed by atoms with E-state index in [0.717, 1.165) is 4.90 Å². The Morgan fingerprint density at radius 2 is 1.83 bits per heavy atom. The first-order chi connectivity index (χ1) is 11.1. The van der Waals surface area contributed by atoms with Gasteiger partial charge in [0, 0.05) is 22.7 Å². The molecule has 120 valence electrons. The average molecular weight is 328 g/mol. The van der Waals surface area contributed by atoms with Gasteiger partial charge in [-0.1, -0.05) is 24.3 Å². The maximum absolute atomic E-state index is 12.3. The Balaban J connectivity index is 1.99. The van der Waals surface area contributed by atoms with Gasteiger partial charge in [-0.15, -0.1) is 11.8 Å². The Morgan fingerprint density at radius 1 is 1.09 bits per heavy atom. The molecule has 0 heterocycles. The lowest BCUT2D eigenvalue weighted by atomic mass is 10.2. The van der Waals surface area contributed by atoms with Crippen molar-refractivity contribution in [1.82, 2.24) is 5.32 Å². The summed E-state index contributed by atoms with van der Waals surface area (Å²) in [7, 11) is 0. The van der Waals surface area contributed by atoms with Gasteiger partial charge in [0.2, 0.25) is 5.91 Å². The third-order valence-electron chi connectivity index (χ3n) is 3.15. The molecule has 0 spiro atoms. The Hall–Kier alpha value is -2.27. The summed E-state index contributed by atoms with van der Waals surface area (Å²) < 4.78 is 0. The Bertz CT molecular complexity index is 674. The van der Waals surface area contributed by atoms with Gasteiger partial charge < -0.3 is 10.6 Å². The zero-order valence-corrected chi connectivity index (χ0v) is 14.0. The summed E-state index contributed by atoms with van der Waals surface area (Å²) >= 11 is 1.50. The number of rotatable bonds is 6. The molecular formula is C18H20N2O2S. The van der Waals surface area contributed by atoms with Crippen LogP contribution in [-0.2, 0) is 4.79 Å². The van der Waals surface area contributed by atoms with E-state index in [-0.39, 0.29) is 17.1 Å². The van der Waals surface area contributed by atoms with E-state index in [2.05, 4.69) is 10.6 Å². The first kappa shape index (κ1) is 17.1. The minimum absolute atomic E-state index is 0.0908. The third kappa shape index (κ3) is 5.14. The molecule has 2 N–H and O–H groups in total. The molecule has 0 radical (unpaired) electrons. The lowest BCUT2D eigenvalue weighted by Crippen LogP contribution is -2.24. The Labute approximate surface area is 140 Å². The first-order valence-corrected chi connectivity index (χ1v) is 8.39. The zero-order valence-electron chi connectivity index (χ0n) is 13.2. The van der Waals surface area contributed by atoms with E-state index in [1.54, 1.807) is 24.3 Å². The van der Waals surface area contributed by atoms with Crippen LogP contribution in [0.1, 0.15) is 24.2 Å². The molecule has 4 nitrogen and oxygen atoms in total. The maximum atomic E-state index is 12.3. The predicted molar refractivity (Wildman–Crippen MR) is 94.8 cm³/mol. The second-order valence-electron chi connectivity index (χ2n) is 5.00. The molecule has 1 unspecified atom stereocenters. The van der Waals surface area contributed by atoms with Crippen LogP contribution >= 0.6 is 11.8 Å². The highest BCUT2D eigenvalue weighted by Gasteiger charge is 2.15. The van der Waals surface area contributed by atoms with E-state index in [1.165, 1.54) is 11.8 Å². The summed E-state index contributed by atoms with van der Waals surface area (Å²) in [5, 5.41) is 5.37. The van der Waals surface area contributed by atoms with Crippen molar-refractivity contribution in [3.63, 3.8) is 0 Å². The number of hydrogen-bond acceptors (Lipinski definition) is 3. The van der Waals surface area contributed by atoms with Crippen LogP contribution in [0.4, 0.5) is 5.69 Å². The van der Waals surface area contributed by atoms with Gasteiger partial charge >= 0.3 is 0 Å². The van der Waals surface area contributed by atoms with Gasteiger partial charge in [-0.05, 0) is 44.2 Å². The van der Waals surface area contributed by atoms with Gasteiger partial charge in [-0.3, -0.25) is 9.59 Å². The van der Waals surface area contributed by atoms with E-state index in [1.807, 2.05) is 44.2 Å². The number of carbonyl (C=O) groups excluding carboxylic acids is 2. The summed E-state index contributed by atoms with van der Waals surface area (Å²) in [6.45, 7) is 4.30. The van der Waals surface area contributed by atoms with Gasteiger partial charge in [0.15, 0.2) is 0 Å². The Morgan fingerprint density at radius 3 is 2.52 bits per heavy atom. The van der Waals surface area contributed by atoms with Crippen LogP contribution in [0.2, 0.25) is 0 Å². The molecular weight excluding hydrogens is 308 g/mol. The van der Waals surface area contributed by atoms with Crippen molar-refractivity contribution < 1.29 is 9.59 Å². The lowest BCUT2D eigenvalue weighted by Gasteiger charge is -2.12. The molecule has 0 saturated heterocycles. The number of thioether (sulfide) groups is 1. The second kappa shape index (κ2) is 8.39.